The van der Waals surface area contributed by atoms with E-state index in [1.807, 2.05) is 0 Å². The zero-order chi connectivity index (χ0) is 15.2. The van der Waals surface area contributed by atoms with E-state index in [1.54, 1.807) is 12.1 Å². The quantitative estimate of drug-likeness (QED) is 0.660. The molecule has 0 aliphatic carbocycles. The summed E-state index contributed by atoms with van der Waals surface area (Å²) in [6.45, 7) is 1.83. The fourth-order valence-electron chi connectivity index (χ4n) is 2.26. The van der Waals surface area contributed by atoms with E-state index < -0.39 is 5.97 Å². The van der Waals surface area contributed by atoms with E-state index >= 15 is 0 Å². The number of benzene rings is 1. The van der Waals surface area contributed by atoms with Gasteiger partial charge in [0.05, 0.1) is 32.1 Å². The molecule has 0 spiro atoms. The van der Waals surface area contributed by atoms with Gasteiger partial charge in [-0.1, -0.05) is 0 Å². The molecule has 2 rings (SSSR count). The van der Waals surface area contributed by atoms with Crippen molar-refractivity contribution in [1.82, 2.24) is 0 Å². The molecular formula is C15H21NO5. The van der Waals surface area contributed by atoms with Gasteiger partial charge in [-0.05, 0) is 18.8 Å². The van der Waals surface area contributed by atoms with Crippen molar-refractivity contribution in [2.24, 2.45) is 5.92 Å². The van der Waals surface area contributed by atoms with Gasteiger partial charge in [-0.15, -0.1) is 0 Å². The smallest absolute Gasteiger partial charge is 0.340 e. The van der Waals surface area contributed by atoms with Crippen LogP contribution < -0.4 is 15.2 Å². The summed E-state index contributed by atoms with van der Waals surface area (Å²) >= 11 is 0. The number of carbonyl (C=O) groups excluding carboxylic acids is 1. The maximum absolute atomic E-state index is 12.1. The highest BCUT2D eigenvalue weighted by Crippen LogP contribution is 2.32. The third-order valence-corrected chi connectivity index (χ3v) is 3.57. The van der Waals surface area contributed by atoms with Gasteiger partial charge in [-0.3, -0.25) is 0 Å². The van der Waals surface area contributed by atoms with Crippen LogP contribution in [0, 0.1) is 5.92 Å². The number of methoxy groups -OCH3 is 2. The van der Waals surface area contributed by atoms with Crippen molar-refractivity contribution >= 4 is 11.7 Å². The van der Waals surface area contributed by atoms with Crippen molar-refractivity contribution in [2.75, 3.05) is 39.8 Å². The van der Waals surface area contributed by atoms with Gasteiger partial charge >= 0.3 is 5.97 Å². The highest BCUT2D eigenvalue weighted by atomic mass is 16.5. The average molecular weight is 295 g/mol. The second-order valence-electron chi connectivity index (χ2n) is 4.95. The number of rotatable bonds is 5. The Hall–Kier alpha value is -1.95. The summed E-state index contributed by atoms with van der Waals surface area (Å²) in [5, 5.41) is 0. The molecule has 0 bridgehead atoms. The van der Waals surface area contributed by atoms with E-state index in [0.29, 0.717) is 35.3 Å². The van der Waals surface area contributed by atoms with Crippen molar-refractivity contribution in [1.29, 1.82) is 0 Å². The van der Waals surface area contributed by atoms with E-state index in [2.05, 4.69) is 0 Å². The Balaban J connectivity index is 2.04. The molecule has 2 N–H and O–H groups in total. The maximum Gasteiger partial charge on any atom is 0.340 e. The first-order valence-corrected chi connectivity index (χ1v) is 6.92. The summed E-state index contributed by atoms with van der Waals surface area (Å²) in [5.74, 6) is 0.838. The lowest BCUT2D eigenvalue weighted by molar-refractivity contribution is 0.0186. The minimum atomic E-state index is -0.444. The zero-order valence-corrected chi connectivity index (χ0v) is 12.4. The number of carbonyl (C=O) groups is 1. The van der Waals surface area contributed by atoms with Gasteiger partial charge in [0.1, 0.15) is 0 Å². The molecule has 6 heteroatoms. The molecule has 0 atom stereocenters. The molecule has 1 saturated heterocycles. The van der Waals surface area contributed by atoms with Crippen LogP contribution in [0.5, 0.6) is 11.5 Å². The second kappa shape index (κ2) is 7.17. The predicted octanol–water partition coefficient (Wildman–Crippen LogP) is 1.87. The van der Waals surface area contributed by atoms with Crippen LogP contribution in [0.25, 0.3) is 0 Å². The van der Waals surface area contributed by atoms with E-state index in [4.69, 9.17) is 24.7 Å². The minimum absolute atomic E-state index is 0.291. The molecule has 6 nitrogen and oxygen atoms in total. The van der Waals surface area contributed by atoms with Gasteiger partial charge in [0, 0.05) is 25.3 Å². The van der Waals surface area contributed by atoms with Crippen LogP contribution in [0.15, 0.2) is 12.1 Å². The van der Waals surface area contributed by atoms with E-state index in [1.165, 1.54) is 14.2 Å². The van der Waals surface area contributed by atoms with Crippen molar-refractivity contribution < 1.29 is 23.7 Å². The number of hydrogen-bond donors (Lipinski definition) is 1. The molecule has 1 fully saturated rings. The molecule has 0 unspecified atom stereocenters. The number of hydrogen-bond acceptors (Lipinski definition) is 6. The Labute approximate surface area is 124 Å². The van der Waals surface area contributed by atoms with E-state index in [-0.39, 0.29) is 0 Å². The molecule has 0 saturated carbocycles. The van der Waals surface area contributed by atoms with Crippen LogP contribution in [0.4, 0.5) is 5.69 Å². The van der Waals surface area contributed by atoms with Gasteiger partial charge in [-0.2, -0.15) is 0 Å². The van der Waals surface area contributed by atoms with Crippen molar-refractivity contribution in [3.63, 3.8) is 0 Å². The third kappa shape index (κ3) is 3.78. The SMILES string of the molecule is COc1cc(N)c(C(=O)OCC2CCOCC2)cc1OC. The largest absolute Gasteiger partial charge is 0.493 e. The van der Waals surface area contributed by atoms with Crippen molar-refractivity contribution in [2.45, 2.75) is 12.8 Å². The van der Waals surface area contributed by atoms with E-state index in [9.17, 15) is 4.79 Å². The van der Waals surface area contributed by atoms with Gasteiger partial charge < -0.3 is 24.7 Å². The Morgan fingerprint density at radius 2 is 1.86 bits per heavy atom. The van der Waals surface area contributed by atoms with Crippen LogP contribution in [-0.2, 0) is 9.47 Å². The Kier molecular flexibility index (Phi) is 5.27. The maximum atomic E-state index is 12.1. The number of ether oxygens (including phenoxy) is 4. The summed E-state index contributed by atoms with van der Waals surface area (Å²) in [5.41, 5.74) is 6.48. The van der Waals surface area contributed by atoms with Crippen LogP contribution in [0.1, 0.15) is 23.2 Å². The standard InChI is InChI=1S/C15H21NO5/c1-18-13-7-11(12(16)8-14(13)19-2)15(17)21-9-10-3-5-20-6-4-10/h7-8,10H,3-6,9,16H2,1-2H3. The number of anilines is 1. The highest BCUT2D eigenvalue weighted by molar-refractivity contribution is 5.96. The molecule has 1 aliphatic heterocycles. The first kappa shape index (κ1) is 15.4. The molecule has 21 heavy (non-hydrogen) atoms. The summed E-state index contributed by atoms with van der Waals surface area (Å²) in [4.78, 5) is 12.1. The average Bonchev–Trinajstić information content (AvgIpc) is 2.53. The van der Waals surface area contributed by atoms with E-state index in [0.717, 1.165) is 26.1 Å². The van der Waals surface area contributed by atoms with Crippen LogP contribution in [0.3, 0.4) is 0 Å². The zero-order valence-electron chi connectivity index (χ0n) is 12.4. The highest BCUT2D eigenvalue weighted by Gasteiger charge is 2.19. The Bertz CT molecular complexity index is 497. The molecular weight excluding hydrogens is 274 g/mol. The normalized spacial score (nSPS) is 15.5. The summed E-state index contributed by atoms with van der Waals surface area (Å²) in [7, 11) is 3.02. The molecule has 0 amide bonds. The minimum Gasteiger partial charge on any atom is -0.493 e. The lowest BCUT2D eigenvalue weighted by atomic mass is 10.0. The fraction of sp³-hybridized carbons (Fsp3) is 0.533. The summed E-state index contributed by atoms with van der Waals surface area (Å²) in [6, 6.07) is 3.10. The predicted molar refractivity (Wildman–Crippen MR) is 77.8 cm³/mol. The van der Waals surface area contributed by atoms with Gasteiger partial charge in [0.15, 0.2) is 11.5 Å². The molecule has 116 valence electrons. The van der Waals surface area contributed by atoms with Crippen LogP contribution in [-0.4, -0.2) is 40.0 Å². The van der Waals surface area contributed by atoms with Gasteiger partial charge in [-0.25, -0.2) is 4.79 Å². The van der Waals surface area contributed by atoms with Crippen LogP contribution >= 0.6 is 0 Å². The topological polar surface area (TPSA) is 80.0 Å². The van der Waals surface area contributed by atoms with Crippen molar-refractivity contribution in [3.05, 3.63) is 17.7 Å². The number of nitrogens with two attached hydrogens (primary N) is 1. The molecule has 0 aromatic heterocycles. The molecule has 1 aromatic rings. The number of nitrogen functional groups attached to an aromatic ring is 1. The number of esters is 1. The van der Waals surface area contributed by atoms with Gasteiger partial charge in [0.2, 0.25) is 0 Å². The first-order valence-electron chi connectivity index (χ1n) is 6.92. The molecule has 1 heterocycles. The summed E-state index contributed by atoms with van der Waals surface area (Å²) in [6.07, 6.45) is 1.82. The first-order chi connectivity index (χ1) is 10.2. The van der Waals surface area contributed by atoms with Gasteiger partial charge in [0.25, 0.3) is 0 Å². The fourth-order valence-corrected chi connectivity index (χ4v) is 2.26. The van der Waals surface area contributed by atoms with Crippen molar-refractivity contribution in [3.8, 4) is 11.5 Å². The lowest BCUT2D eigenvalue weighted by Gasteiger charge is -2.21. The van der Waals surface area contributed by atoms with Crippen LogP contribution in [0.2, 0.25) is 0 Å². The molecule has 1 aromatic carbocycles. The lowest BCUT2D eigenvalue weighted by Crippen LogP contribution is -2.22. The third-order valence-electron chi connectivity index (χ3n) is 3.57. The Morgan fingerprint density at radius 1 is 1.24 bits per heavy atom. The molecule has 1 aliphatic rings. The Morgan fingerprint density at radius 3 is 2.48 bits per heavy atom. The second-order valence-corrected chi connectivity index (χ2v) is 4.95. The summed E-state index contributed by atoms with van der Waals surface area (Å²) < 4.78 is 20.9. The molecule has 0 radical (unpaired) electrons. The monoisotopic (exact) mass is 295 g/mol.